The zero-order valence-corrected chi connectivity index (χ0v) is 13.6. The van der Waals surface area contributed by atoms with Gasteiger partial charge < -0.3 is 10.0 Å². The molecule has 0 bridgehead atoms. The summed E-state index contributed by atoms with van der Waals surface area (Å²) in [6.07, 6.45) is 2.52. The van der Waals surface area contributed by atoms with E-state index < -0.39 is 17.2 Å². The van der Waals surface area contributed by atoms with E-state index in [0.29, 0.717) is 23.0 Å². The van der Waals surface area contributed by atoms with Gasteiger partial charge >= 0.3 is 5.97 Å². The van der Waals surface area contributed by atoms with Gasteiger partial charge in [0, 0.05) is 13.1 Å². The number of benzene rings is 1. The minimum absolute atomic E-state index is 0.0515. The van der Waals surface area contributed by atoms with Crippen LogP contribution in [0.3, 0.4) is 0 Å². The van der Waals surface area contributed by atoms with E-state index >= 15 is 0 Å². The van der Waals surface area contributed by atoms with Crippen molar-refractivity contribution >= 4 is 27.8 Å². The predicted octanol–water partition coefficient (Wildman–Crippen LogP) is 2.84. The summed E-state index contributed by atoms with van der Waals surface area (Å²) < 4.78 is 13.9. The Morgan fingerprint density at radius 3 is 2.86 bits per heavy atom. The first-order valence-corrected chi connectivity index (χ1v) is 8.17. The molecule has 0 radical (unpaired) electrons. The number of rotatable bonds is 3. The number of amides is 1. The van der Waals surface area contributed by atoms with Crippen LogP contribution in [0.25, 0.3) is 0 Å². The molecule has 22 heavy (non-hydrogen) atoms. The van der Waals surface area contributed by atoms with Crippen LogP contribution in [0, 0.1) is 17.2 Å². The van der Waals surface area contributed by atoms with Gasteiger partial charge in [-0.2, -0.15) is 0 Å². The molecular weight excluding hydrogens is 353 g/mol. The molecule has 1 aliphatic carbocycles. The van der Waals surface area contributed by atoms with Gasteiger partial charge in [0.2, 0.25) is 5.91 Å². The Bertz CT molecular complexity index is 636. The molecule has 1 aromatic carbocycles. The molecule has 1 saturated carbocycles. The molecular formula is C16H17BrFNO3. The summed E-state index contributed by atoms with van der Waals surface area (Å²) >= 11 is 3.08. The lowest BCUT2D eigenvalue weighted by Gasteiger charge is -2.23. The highest BCUT2D eigenvalue weighted by molar-refractivity contribution is 9.10. The van der Waals surface area contributed by atoms with Crippen molar-refractivity contribution in [3.63, 3.8) is 0 Å². The summed E-state index contributed by atoms with van der Waals surface area (Å²) in [6, 6.07) is 4.62. The summed E-state index contributed by atoms with van der Waals surface area (Å²) in [5.41, 5.74) is -0.159. The fourth-order valence-electron chi connectivity index (χ4n) is 3.76. The smallest absolute Gasteiger partial charge is 0.311 e. The van der Waals surface area contributed by atoms with Crippen molar-refractivity contribution in [3.05, 3.63) is 34.1 Å². The van der Waals surface area contributed by atoms with E-state index in [2.05, 4.69) is 15.9 Å². The Hall–Kier alpha value is -1.43. The van der Waals surface area contributed by atoms with E-state index in [9.17, 15) is 19.1 Å². The molecule has 1 aromatic rings. The van der Waals surface area contributed by atoms with E-state index in [4.69, 9.17) is 0 Å². The minimum Gasteiger partial charge on any atom is -0.481 e. The largest absolute Gasteiger partial charge is 0.481 e. The highest BCUT2D eigenvalue weighted by Gasteiger charge is 2.55. The second-order valence-corrected chi connectivity index (χ2v) is 7.10. The van der Waals surface area contributed by atoms with Crippen LogP contribution in [-0.4, -0.2) is 35.0 Å². The molecule has 1 aliphatic heterocycles. The third-order valence-electron chi connectivity index (χ3n) is 4.99. The molecule has 4 nitrogen and oxygen atoms in total. The number of aliphatic carboxylic acids is 1. The van der Waals surface area contributed by atoms with E-state index in [1.165, 1.54) is 6.07 Å². The number of carbonyl (C=O) groups excluding carboxylic acids is 1. The highest BCUT2D eigenvalue weighted by Crippen LogP contribution is 2.48. The average Bonchev–Trinajstić information content (AvgIpc) is 3.00. The van der Waals surface area contributed by atoms with Gasteiger partial charge in [-0.15, -0.1) is 0 Å². The molecule has 2 aliphatic rings. The summed E-state index contributed by atoms with van der Waals surface area (Å²) in [4.78, 5) is 25.7. The molecule has 0 spiro atoms. The summed E-state index contributed by atoms with van der Waals surface area (Å²) in [5.74, 6) is -1.27. The van der Waals surface area contributed by atoms with Gasteiger partial charge in [-0.25, -0.2) is 4.39 Å². The lowest BCUT2D eigenvalue weighted by molar-refractivity contribution is -0.149. The normalized spacial score (nSPS) is 27.0. The van der Waals surface area contributed by atoms with Gasteiger partial charge in [0.25, 0.3) is 0 Å². The maximum atomic E-state index is 13.5. The number of likely N-dealkylation sites (tertiary alicyclic amines) is 1. The Labute approximate surface area is 136 Å². The second-order valence-electron chi connectivity index (χ2n) is 6.25. The van der Waals surface area contributed by atoms with Crippen molar-refractivity contribution in [1.82, 2.24) is 4.90 Å². The first-order chi connectivity index (χ1) is 10.4. The number of carbonyl (C=O) groups is 2. The Kier molecular flexibility index (Phi) is 3.97. The second kappa shape index (κ2) is 5.65. The van der Waals surface area contributed by atoms with Crippen LogP contribution >= 0.6 is 15.9 Å². The summed E-state index contributed by atoms with van der Waals surface area (Å²) in [6.45, 7) is 0.787. The van der Waals surface area contributed by atoms with Gasteiger partial charge in [-0.1, -0.05) is 12.5 Å². The number of carboxylic acids is 1. The topological polar surface area (TPSA) is 57.6 Å². The number of hydrogen-bond acceptors (Lipinski definition) is 2. The SMILES string of the molecule is O=C(Cc1ccc(Br)c(F)c1)N1C[C@@H]2CCC[C@@]2(C(=O)O)C1. The quantitative estimate of drug-likeness (QED) is 0.890. The van der Waals surface area contributed by atoms with Crippen molar-refractivity contribution < 1.29 is 19.1 Å². The molecule has 118 valence electrons. The number of fused-ring (bicyclic) bond motifs is 1. The number of hydrogen-bond donors (Lipinski definition) is 1. The summed E-state index contributed by atoms with van der Waals surface area (Å²) in [5, 5.41) is 9.54. The molecule has 1 N–H and O–H groups in total. The first-order valence-electron chi connectivity index (χ1n) is 7.37. The number of nitrogens with zero attached hydrogens (tertiary/aromatic N) is 1. The Balaban J connectivity index is 1.71. The van der Waals surface area contributed by atoms with Gasteiger partial charge in [0.1, 0.15) is 5.82 Å². The van der Waals surface area contributed by atoms with Gasteiger partial charge in [-0.05, 0) is 52.4 Å². The average molecular weight is 370 g/mol. The van der Waals surface area contributed by atoms with Crippen molar-refractivity contribution in [2.75, 3.05) is 13.1 Å². The van der Waals surface area contributed by atoms with Crippen LogP contribution in [-0.2, 0) is 16.0 Å². The zero-order chi connectivity index (χ0) is 15.9. The van der Waals surface area contributed by atoms with Crippen LogP contribution in [0.2, 0.25) is 0 Å². The van der Waals surface area contributed by atoms with Crippen molar-refractivity contribution in [3.8, 4) is 0 Å². The van der Waals surface area contributed by atoms with Gasteiger partial charge in [0.15, 0.2) is 0 Å². The van der Waals surface area contributed by atoms with E-state index in [1.807, 2.05) is 0 Å². The highest BCUT2D eigenvalue weighted by atomic mass is 79.9. The van der Waals surface area contributed by atoms with E-state index in [0.717, 1.165) is 12.8 Å². The fraction of sp³-hybridized carbons (Fsp3) is 0.500. The number of halogens is 2. The molecule has 1 amide bonds. The lowest BCUT2D eigenvalue weighted by atomic mass is 9.81. The standard InChI is InChI=1S/C16H17BrFNO3/c17-12-4-3-10(6-13(12)18)7-14(20)19-8-11-2-1-5-16(11,9-19)15(21)22/h3-4,6,11H,1-2,5,7-9H2,(H,21,22)/t11-,16+/m0/s1. The van der Waals surface area contributed by atoms with Gasteiger partial charge in [-0.3, -0.25) is 9.59 Å². The van der Waals surface area contributed by atoms with Crippen molar-refractivity contribution in [2.45, 2.75) is 25.7 Å². The fourth-order valence-corrected chi connectivity index (χ4v) is 4.01. The maximum absolute atomic E-state index is 13.5. The van der Waals surface area contributed by atoms with Crippen LogP contribution in [0.1, 0.15) is 24.8 Å². The molecule has 1 heterocycles. The zero-order valence-electron chi connectivity index (χ0n) is 12.0. The molecule has 0 unspecified atom stereocenters. The van der Waals surface area contributed by atoms with Crippen molar-refractivity contribution in [2.24, 2.45) is 11.3 Å². The Morgan fingerprint density at radius 2 is 2.23 bits per heavy atom. The monoisotopic (exact) mass is 369 g/mol. The lowest BCUT2D eigenvalue weighted by Crippen LogP contribution is -2.37. The van der Waals surface area contributed by atoms with Crippen LogP contribution in [0.5, 0.6) is 0 Å². The third-order valence-corrected chi connectivity index (χ3v) is 5.63. The van der Waals surface area contributed by atoms with Crippen LogP contribution in [0.15, 0.2) is 22.7 Å². The maximum Gasteiger partial charge on any atom is 0.311 e. The first kappa shape index (κ1) is 15.5. The van der Waals surface area contributed by atoms with Crippen LogP contribution < -0.4 is 0 Å². The molecule has 1 saturated heterocycles. The molecule has 0 aromatic heterocycles. The van der Waals surface area contributed by atoms with Crippen LogP contribution in [0.4, 0.5) is 4.39 Å². The number of carboxylic acid groups (broad SMARTS) is 1. The van der Waals surface area contributed by atoms with Gasteiger partial charge in [0.05, 0.1) is 16.3 Å². The van der Waals surface area contributed by atoms with E-state index in [-0.39, 0.29) is 24.8 Å². The molecule has 2 atom stereocenters. The molecule has 2 fully saturated rings. The molecule has 6 heteroatoms. The molecule has 3 rings (SSSR count). The third kappa shape index (κ3) is 2.53. The minimum atomic E-state index is -0.792. The Morgan fingerprint density at radius 1 is 1.45 bits per heavy atom. The van der Waals surface area contributed by atoms with E-state index in [1.54, 1.807) is 17.0 Å². The predicted molar refractivity (Wildman–Crippen MR) is 81.8 cm³/mol. The van der Waals surface area contributed by atoms with Crippen molar-refractivity contribution in [1.29, 1.82) is 0 Å². The summed E-state index contributed by atoms with van der Waals surface area (Å²) in [7, 11) is 0.